The first-order chi connectivity index (χ1) is 15.3. The normalized spacial score (nSPS) is 23.9. The highest BCUT2D eigenvalue weighted by Crippen LogP contribution is 2.29. The Morgan fingerprint density at radius 3 is 2.77 bits per heavy atom. The maximum absolute atomic E-state index is 13.2. The minimum Gasteiger partial charge on any atom is -0.491 e. The Hall–Kier alpha value is -2.41. The van der Waals surface area contributed by atoms with E-state index in [9.17, 15) is 4.79 Å². The number of benzene rings is 1. The molecule has 5 rings (SSSR count). The van der Waals surface area contributed by atoms with Gasteiger partial charge in [0.25, 0.3) is 5.91 Å². The van der Waals surface area contributed by atoms with Crippen LogP contribution in [0, 0.1) is 0 Å². The summed E-state index contributed by atoms with van der Waals surface area (Å²) in [6.07, 6.45) is 9.08. The van der Waals surface area contributed by atoms with Crippen molar-refractivity contribution in [1.82, 2.24) is 19.7 Å². The third-order valence-corrected chi connectivity index (χ3v) is 6.77. The molecule has 2 fully saturated rings. The molecule has 2 saturated heterocycles. The number of hydrogen-bond acceptors (Lipinski definition) is 5. The topological polar surface area (TPSA) is 69.5 Å². The van der Waals surface area contributed by atoms with Gasteiger partial charge in [0.2, 0.25) is 0 Å². The SMILES string of the molecule is O=C(c1ccc(OCC2CCCO2)cc1)N1CCCC(c2nnc3n2CCCCC3)C1. The van der Waals surface area contributed by atoms with Gasteiger partial charge in [-0.3, -0.25) is 4.79 Å². The lowest BCUT2D eigenvalue weighted by atomic mass is 9.96. The van der Waals surface area contributed by atoms with Crippen LogP contribution in [0.4, 0.5) is 0 Å². The molecule has 0 aliphatic carbocycles. The predicted octanol–water partition coefficient (Wildman–Crippen LogP) is 3.58. The van der Waals surface area contributed by atoms with E-state index in [1.54, 1.807) is 0 Å². The molecule has 3 aliphatic heterocycles. The van der Waals surface area contributed by atoms with Gasteiger partial charge in [-0.1, -0.05) is 6.42 Å². The first-order valence-corrected chi connectivity index (χ1v) is 11.8. The Labute approximate surface area is 183 Å². The van der Waals surface area contributed by atoms with E-state index in [1.165, 1.54) is 19.3 Å². The lowest BCUT2D eigenvalue weighted by molar-refractivity contribution is 0.0676. The summed E-state index contributed by atoms with van der Waals surface area (Å²) in [7, 11) is 0. The van der Waals surface area contributed by atoms with E-state index in [4.69, 9.17) is 9.47 Å². The van der Waals surface area contributed by atoms with Gasteiger partial charge in [-0.05, 0) is 62.8 Å². The summed E-state index contributed by atoms with van der Waals surface area (Å²) in [6, 6.07) is 7.53. The van der Waals surface area contributed by atoms with Gasteiger partial charge in [0.05, 0.1) is 6.10 Å². The highest BCUT2D eigenvalue weighted by molar-refractivity contribution is 5.94. The smallest absolute Gasteiger partial charge is 0.253 e. The van der Waals surface area contributed by atoms with Gasteiger partial charge >= 0.3 is 0 Å². The molecule has 0 spiro atoms. The number of nitrogens with zero attached hydrogens (tertiary/aromatic N) is 4. The summed E-state index contributed by atoms with van der Waals surface area (Å²) in [5.74, 6) is 3.34. The standard InChI is InChI=1S/C24H32N4O3/c29-24(18-9-11-20(12-10-18)31-17-21-7-5-15-30-21)27-13-4-6-19(16-27)23-26-25-22-8-2-1-3-14-28(22)23/h9-12,19,21H,1-8,13-17H2. The monoisotopic (exact) mass is 424 g/mol. The van der Waals surface area contributed by atoms with E-state index in [2.05, 4.69) is 14.8 Å². The average molecular weight is 425 g/mol. The summed E-state index contributed by atoms with van der Waals surface area (Å²) >= 11 is 0. The van der Waals surface area contributed by atoms with Crippen LogP contribution in [-0.4, -0.2) is 58.0 Å². The lowest BCUT2D eigenvalue weighted by Gasteiger charge is -2.32. The average Bonchev–Trinajstić information content (AvgIpc) is 3.42. The van der Waals surface area contributed by atoms with Gasteiger partial charge in [-0.15, -0.1) is 10.2 Å². The van der Waals surface area contributed by atoms with Gasteiger partial charge in [-0.2, -0.15) is 0 Å². The van der Waals surface area contributed by atoms with Gasteiger partial charge in [0.1, 0.15) is 24.0 Å². The van der Waals surface area contributed by atoms with E-state index in [0.717, 1.165) is 69.2 Å². The fraction of sp³-hybridized carbons (Fsp3) is 0.625. The van der Waals surface area contributed by atoms with Crippen LogP contribution in [0.3, 0.4) is 0 Å². The second-order valence-electron chi connectivity index (χ2n) is 9.00. The van der Waals surface area contributed by atoms with E-state index in [-0.39, 0.29) is 17.9 Å². The molecule has 2 aromatic rings. The zero-order valence-corrected chi connectivity index (χ0v) is 18.2. The van der Waals surface area contributed by atoms with E-state index < -0.39 is 0 Å². The van der Waals surface area contributed by atoms with Crippen molar-refractivity contribution in [2.24, 2.45) is 0 Å². The maximum atomic E-state index is 13.2. The van der Waals surface area contributed by atoms with E-state index in [0.29, 0.717) is 18.7 Å². The van der Waals surface area contributed by atoms with Gasteiger partial charge in [0.15, 0.2) is 0 Å². The molecule has 7 heteroatoms. The summed E-state index contributed by atoms with van der Waals surface area (Å²) < 4.78 is 13.8. The molecule has 2 atom stereocenters. The number of fused-ring (bicyclic) bond motifs is 1. The second-order valence-corrected chi connectivity index (χ2v) is 9.00. The minimum atomic E-state index is 0.0889. The zero-order chi connectivity index (χ0) is 21.0. The number of rotatable bonds is 5. The predicted molar refractivity (Wildman–Crippen MR) is 116 cm³/mol. The Morgan fingerprint density at radius 2 is 1.94 bits per heavy atom. The van der Waals surface area contributed by atoms with Gasteiger partial charge in [-0.25, -0.2) is 0 Å². The summed E-state index contributed by atoms with van der Waals surface area (Å²) in [4.78, 5) is 15.1. The Kier molecular flexibility index (Phi) is 6.20. The first kappa shape index (κ1) is 20.5. The van der Waals surface area contributed by atoms with Crippen LogP contribution in [-0.2, 0) is 17.7 Å². The van der Waals surface area contributed by atoms with Crippen LogP contribution in [0.25, 0.3) is 0 Å². The molecule has 7 nitrogen and oxygen atoms in total. The van der Waals surface area contributed by atoms with Crippen molar-refractivity contribution < 1.29 is 14.3 Å². The van der Waals surface area contributed by atoms with Crippen LogP contribution in [0.1, 0.15) is 72.9 Å². The van der Waals surface area contributed by atoms with Crippen molar-refractivity contribution >= 4 is 5.91 Å². The Morgan fingerprint density at radius 1 is 1.03 bits per heavy atom. The van der Waals surface area contributed by atoms with Crippen molar-refractivity contribution in [3.63, 3.8) is 0 Å². The molecule has 3 aliphatic rings. The van der Waals surface area contributed by atoms with Gasteiger partial charge < -0.3 is 18.9 Å². The van der Waals surface area contributed by atoms with E-state index in [1.807, 2.05) is 29.2 Å². The van der Waals surface area contributed by atoms with Crippen LogP contribution in [0.15, 0.2) is 24.3 Å². The highest BCUT2D eigenvalue weighted by atomic mass is 16.5. The number of ether oxygens (including phenoxy) is 2. The molecular weight excluding hydrogens is 392 g/mol. The molecule has 2 unspecified atom stereocenters. The highest BCUT2D eigenvalue weighted by Gasteiger charge is 2.30. The fourth-order valence-corrected chi connectivity index (χ4v) is 5.02. The Balaban J connectivity index is 1.22. The number of aryl methyl sites for hydroxylation is 1. The molecule has 31 heavy (non-hydrogen) atoms. The lowest BCUT2D eigenvalue weighted by Crippen LogP contribution is -2.39. The number of carbonyl (C=O) groups is 1. The zero-order valence-electron chi connectivity index (χ0n) is 18.2. The molecule has 4 heterocycles. The van der Waals surface area contributed by atoms with Crippen molar-refractivity contribution in [3.8, 4) is 5.75 Å². The molecule has 0 saturated carbocycles. The third-order valence-electron chi connectivity index (χ3n) is 6.77. The van der Waals surface area contributed by atoms with Gasteiger partial charge in [0, 0.05) is 44.1 Å². The molecule has 1 amide bonds. The van der Waals surface area contributed by atoms with E-state index >= 15 is 0 Å². The first-order valence-electron chi connectivity index (χ1n) is 11.8. The molecule has 1 aromatic carbocycles. The molecule has 1 aromatic heterocycles. The van der Waals surface area contributed by atoms with Crippen LogP contribution < -0.4 is 4.74 Å². The number of piperidine rings is 1. The number of hydrogen-bond donors (Lipinski definition) is 0. The number of carbonyl (C=O) groups excluding carboxylic acids is 1. The maximum Gasteiger partial charge on any atom is 0.253 e. The summed E-state index contributed by atoms with van der Waals surface area (Å²) in [5.41, 5.74) is 0.713. The minimum absolute atomic E-state index is 0.0889. The molecule has 0 radical (unpaired) electrons. The largest absolute Gasteiger partial charge is 0.491 e. The summed E-state index contributed by atoms with van der Waals surface area (Å²) in [6.45, 7) is 3.93. The van der Waals surface area contributed by atoms with Crippen LogP contribution >= 0.6 is 0 Å². The second kappa shape index (κ2) is 9.39. The quantitative estimate of drug-likeness (QED) is 0.734. The van der Waals surface area contributed by atoms with Crippen molar-refractivity contribution in [1.29, 1.82) is 0 Å². The van der Waals surface area contributed by atoms with Crippen molar-refractivity contribution in [2.45, 2.75) is 69.9 Å². The van der Waals surface area contributed by atoms with Crippen LogP contribution in [0.5, 0.6) is 5.75 Å². The van der Waals surface area contributed by atoms with Crippen LogP contribution in [0.2, 0.25) is 0 Å². The number of aromatic nitrogens is 3. The number of likely N-dealkylation sites (tertiary alicyclic amines) is 1. The molecule has 0 N–H and O–H groups in total. The Bertz CT molecular complexity index is 889. The molecular formula is C24H32N4O3. The summed E-state index contributed by atoms with van der Waals surface area (Å²) in [5, 5.41) is 9.00. The van der Waals surface area contributed by atoms with Crippen molar-refractivity contribution in [3.05, 3.63) is 41.5 Å². The molecule has 0 bridgehead atoms. The fourth-order valence-electron chi connectivity index (χ4n) is 5.02. The van der Waals surface area contributed by atoms with Crippen molar-refractivity contribution in [2.75, 3.05) is 26.3 Å². The molecule has 166 valence electrons. The number of amides is 1. The third kappa shape index (κ3) is 4.61.